The Morgan fingerprint density at radius 2 is 1.50 bits per heavy atom. The van der Waals surface area contributed by atoms with Crippen LogP contribution in [-0.4, -0.2) is 37.1 Å². The van der Waals surface area contributed by atoms with E-state index in [9.17, 15) is 27.6 Å². The Bertz CT molecular complexity index is 742. The van der Waals surface area contributed by atoms with E-state index in [-0.39, 0.29) is 18.4 Å². The van der Waals surface area contributed by atoms with Crippen LogP contribution in [0.4, 0.5) is 23.7 Å². The van der Waals surface area contributed by atoms with Crippen molar-refractivity contribution in [3.05, 3.63) is 35.4 Å². The number of halogens is 3. The average molecular weight is 367 g/mol. The first-order valence-electron chi connectivity index (χ1n) is 8.04. The van der Waals surface area contributed by atoms with Gasteiger partial charge in [0.25, 0.3) is 11.8 Å². The number of alkyl halides is 3. The van der Waals surface area contributed by atoms with Crippen LogP contribution in [0.1, 0.15) is 18.4 Å². The number of carbonyl (C=O) groups is 3. The SMILES string of the molecule is O=C1NC(=O)C(=Cc2ccc(N3CCC(C(F)(F)F)CC3)cc2)C(=O)N1. The van der Waals surface area contributed by atoms with Crippen molar-refractivity contribution in [2.24, 2.45) is 5.92 Å². The predicted octanol–water partition coefficient (Wildman–Crippen LogP) is 2.21. The van der Waals surface area contributed by atoms with Crippen molar-refractivity contribution in [3.63, 3.8) is 0 Å². The number of hydrogen-bond acceptors (Lipinski definition) is 4. The molecule has 26 heavy (non-hydrogen) atoms. The van der Waals surface area contributed by atoms with Gasteiger partial charge in [0.2, 0.25) is 0 Å². The highest BCUT2D eigenvalue weighted by Gasteiger charge is 2.41. The molecule has 1 aromatic rings. The lowest BCUT2D eigenvalue weighted by Gasteiger charge is -2.34. The van der Waals surface area contributed by atoms with Gasteiger partial charge in [-0.2, -0.15) is 13.2 Å². The van der Waals surface area contributed by atoms with E-state index in [4.69, 9.17) is 0 Å². The number of amides is 4. The average Bonchev–Trinajstić information content (AvgIpc) is 2.58. The Hall–Kier alpha value is -2.84. The molecule has 0 aromatic heterocycles. The largest absolute Gasteiger partial charge is 0.391 e. The molecule has 2 fully saturated rings. The molecule has 2 aliphatic heterocycles. The van der Waals surface area contributed by atoms with Crippen LogP contribution in [0.15, 0.2) is 29.8 Å². The number of nitrogens with zero attached hydrogens (tertiary/aromatic N) is 1. The quantitative estimate of drug-likeness (QED) is 0.621. The highest BCUT2D eigenvalue weighted by molar-refractivity contribution is 6.31. The van der Waals surface area contributed by atoms with Gasteiger partial charge in [-0.3, -0.25) is 20.2 Å². The minimum atomic E-state index is -4.15. The third-order valence-corrected chi connectivity index (χ3v) is 4.47. The number of piperidine rings is 1. The lowest BCUT2D eigenvalue weighted by atomic mass is 9.96. The van der Waals surface area contributed by atoms with Gasteiger partial charge in [-0.1, -0.05) is 12.1 Å². The van der Waals surface area contributed by atoms with Gasteiger partial charge in [0, 0.05) is 18.8 Å². The number of carbonyl (C=O) groups excluding carboxylic acids is 3. The second-order valence-corrected chi connectivity index (χ2v) is 6.19. The summed E-state index contributed by atoms with van der Waals surface area (Å²) in [5.41, 5.74) is 1.15. The van der Waals surface area contributed by atoms with Crippen molar-refractivity contribution in [2.45, 2.75) is 19.0 Å². The molecule has 0 radical (unpaired) electrons. The summed E-state index contributed by atoms with van der Waals surface area (Å²) in [6.45, 7) is 0.634. The van der Waals surface area contributed by atoms with Gasteiger partial charge in [0.1, 0.15) is 5.57 Å². The first kappa shape index (κ1) is 18.0. The highest BCUT2D eigenvalue weighted by Crippen LogP contribution is 2.35. The van der Waals surface area contributed by atoms with Crippen molar-refractivity contribution < 1.29 is 27.6 Å². The number of anilines is 1. The first-order chi connectivity index (χ1) is 12.2. The molecule has 3 rings (SSSR count). The van der Waals surface area contributed by atoms with Crippen molar-refractivity contribution in [1.82, 2.24) is 10.6 Å². The molecule has 138 valence electrons. The Balaban J connectivity index is 1.68. The van der Waals surface area contributed by atoms with Crippen LogP contribution in [0.3, 0.4) is 0 Å². The first-order valence-corrected chi connectivity index (χ1v) is 8.04. The molecule has 0 bridgehead atoms. The Kier molecular flexibility index (Phi) is 4.71. The minimum Gasteiger partial charge on any atom is -0.372 e. The van der Waals surface area contributed by atoms with E-state index >= 15 is 0 Å². The molecule has 0 saturated carbocycles. The second kappa shape index (κ2) is 6.81. The van der Waals surface area contributed by atoms with Gasteiger partial charge >= 0.3 is 12.2 Å². The van der Waals surface area contributed by atoms with Crippen LogP contribution in [0.2, 0.25) is 0 Å². The van der Waals surface area contributed by atoms with Crippen molar-refractivity contribution in [3.8, 4) is 0 Å². The van der Waals surface area contributed by atoms with Crippen LogP contribution < -0.4 is 15.5 Å². The monoisotopic (exact) mass is 367 g/mol. The van der Waals surface area contributed by atoms with E-state index < -0.39 is 29.9 Å². The highest BCUT2D eigenvalue weighted by atomic mass is 19.4. The van der Waals surface area contributed by atoms with Gasteiger partial charge < -0.3 is 4.90 Å². The number of nitrogens with one attached hydrogen (secondary N) is 2. The third-order valence-electron chi connectivity index (χ3n) is 4.47. The fraction of sp³-hybridized carbons (Fsp3) is 0.353. The molecule has 0 atom stereocenters. The zero-order valence-corrected chi connectivity index (χ0v) is 13.6. The lowest BCUT2D eigenvalue weighted by molar-refractivity contribution is -0.179. The van der Waals surface area contributed by atoms with E-state index in [0.29, 0.717) is 18.7 Å². The van der Waals surface area contributed by atoms with Crippen LogP contribution in [-0.2, 0) is 9.59 Å². The van der Waals surface area contributed by atoms with Gasteiger partial charge in [0.05, 0.1) is 5.92 Å². The molecule has 2 N–H and O–H groups in total. The Morgan fingerprint density at radius 3 is 2.00 bits per heavy atom. The topological polar surface area (TPSA) is 78.5 Å². The molecule has 2 aliphatic rings. The summed E-state index contributed by atoms with van der Waals surface area (Å²) in [6.07, 6.45) is -2.69. The molecule has 0 unspecified atom stereocenters. The smallest absolute Gasteiger partial charge is 0.372 e. The fourth-order valence-corrected chi connectivity index (χ4v) is 3.02. The van der Waals surface area contributed by atoms with E-state index in [2.05, 4.69) is 0 Å². The van der Waals surface area contributed by atoms with Gasteiger partial charge in [0.15, 0.2) is 0 Å². The van der Waals surface area contributed by atoms with Crippen LogP contribution in [0.25, 0.3) is 6.08 Å². The number of benzene rings is 1. The van der Waals surface area contributed by atoms with E-state index in [1.165, 1.54) is 6.08 Å². The van der Waals surface area contributed by atoms with Crippen molar-refractivity contribution in [2.75, 3.05) is 18.0 Å². The molecule has 6 nitrogen and oxygen atoms in total. The number of imide groups is 2. The zero-order chi connectivity index (χ0) is 18.9. The molecule has 0 spiro atoms. The maximum atomic E-state index is 12.7. The summed E-state index contributed by atoms with van der Waals surface area (Å²) in [7, 11) is 0. The zero-order valence-electron chi connectivity index (χ0n) is 13.6. The van der Waals surface area contributed by atoms with E-state index in [1.807, 2.05) is 15.5 Å². The second-order valence-electron chi connectivity index (χ2n) is 6.19. The van der Waals surface area contributed by atoms with Crippen LogP contribution >= 0.6 is 0 Å². The summed E-state index contributed by atoms with van der Waals surface area (Å²) >= 11 is 0. The molecule has 9 heteroatoms. The summed E-state index contributed by atoms with van der Waals surface area (Å²) in [6, 6.07) is 5.91. The molecule has 0 aliphatic carbocycles. The van der Waals surface area contributed by atoms with Gasteiger partial charge in [-0.25, -0.2) is 4.79 Å². The minimum absolute atomic E-state index is 0.0592. The Labute approximate surface area is 147 Å². The molecule has 1 aromatic carbocycles. The molecular formula is C17H16F3N3O3. The fourth-order valence-electron chi connectivity index (χ4n) is 3.02. The Morgan fingerprint density at radius 1 is 0.962 bits per heavy atom. The van der Waals surface area contributed by atoms with Crippen molar-refractivity contribution in [1.29, 1.82) is 0 Å². The van der Waals surface area contributed by atoms with Crippen molar-refractivity contribution >= 4 is 29.6 Å². The van der Waals surface area contributed by atoms with E-state index in [1.54, 1.807) is 24.3 Å². The van der Waals surface area contributed by atoms with Gasteiger partial charge in [-0.05, 0) is 36.6 Å². The summed E-state index contributed by atoms with van der Waals surface area (Å²) in [4.78, 5) is 36.3. The predicted molar refractivity (Wildman–Crippen MR) is 87.1 cm³/mol. The number of rotatable bonds is 2. The summed E-state index contributed by atoms with van der Waals surface area (Å²) in [5, 5.41) is 3.96. The van der Waals surface area contributed by atoms with Crippen LogP contribution in [0.5, 0.6) is 0 Å². The van der Waals surface area contributed by atoms with Gasteiger partial charge in [-0.15, -0.1) is 0 Å². The summed E-state index contributed by atoms with van der Waals surface area (Å²) < 4.78 is 38.2. The third kappa shape index (κ3) is 3.87. The van der Waals surface area contributed by atoms with E-state index in [0.717, 1.165) is 5.69 Å². The normalized spacial score (nSPS) is 19.3. The van der Waals surface area contributed by atoms with Crippen LogP contribution in [0, 0.1) is 5.92 Å². The maximum absolute atomic E-state index is 12.7. The molecule has 2 saturated heterocycles. The maximum Gasteiger partial charge on any atom is 0.391 e. The number of barbiturate groups is 1. The standard InChI is InChI=1S/C17H16F3N3O3/c18-17(19,20)11-5-7-23(8-6-11)12-3-1-10(2-4-12)9-13-14(24)21-16(26)22-15(13)25/h1-4,9,11H,5-8H2,(H2,21,22,24,25,26). The molecule has 2 heterocycles. The lowest BCUT2D eigenvalue weighted by Crippen LogP contribution is -2.51. The molecular weight excluding hydrogens is 351 g/mol. The number of hydrogen-bond donors (Lipinski definition) is 2. The summed E-state index contributed by atoms with van der Waals surface area (Å²) in [5.74, 6) is -2.82. The number of urea groups is 1. The molecule has 4 amide bonds.